The molecule has 0 bridgehead atoms. The first-order valence-corrected chi connectivity index (χ1v) is 7.58. The van der Waals surface area contributed by atoms with Crippen LogP contribution in [-0.4, -0.2) is 24.7 Å². The minimum atomic E-state index is -0.475. The number of hydrogen-bond acceptors (Lipinski definition) is 6. The fraction of sp³-hybridized carbons (Fsp3) is 0. The van der Waals surface area contributed by atoms with E-state index in [0.717, 1.165) is 0 Å². The molecule has 0 aliphatic rings. The molecule has 0 aliphatic carbocycles. The first-order valence-electron chi connectivity index (χ1n) is 7.58. The number of rotatable bonds is 4. The average molecular weight is 350 g/mol. The Kier molecular flexibility index (Phi) is 3.73. The van der Waals surface area contributed by atoms with Crippen molar-refractivity contribution in [3.8, 4) is 5.69 Å². The maximum absolute atomic E-state index is 14.1. The summed E-state index contributed by atoms with van der Waals surface area (Å²) in [6, 6.07) is 12.3. The number of para-hydroxylation sites is 1. The molecule has 0 fully saturated rings. The minimum absolute atomic E-state index is 0.0395. The fourth-order valence-corrected chi connectivity index (χ4v) is 2.58. The third-order valence-corrected chi connectivity index (χ3v) is 3.77. The Hall–Kier alpha value is -3.88. The van der Waals surface area contributed by atoms with Gasteiger partial charge in [-0.25, -0.2) is 19.0 Å². The van der Waals surface area contributed by atoms with E-state index in [-0.39, 0.29) is 11.4 Å². The van der Waals surface area contributed by atoms with Crippen molar-refractivity contribution in [2.24, 2.45) is 0 Å². The van der Waals surface area contributed by atoms with Crippen molar-refractivity contribution in [3.05, 3.63) is 77.0 Å². The van der Waals surface area contributed by atoms with Gasteiger partial charge >= 0.3 is 0 Å². The highest BCUT2D eigenvalue weighted by Crippen LogP contribution is 2.26. The van der Waals surface area contributed by atoms with Gasteiger partial charge in [-0.3, -0.25) is 10.1 Å². The lowest BCUT2D eigenvalue weighted by molar-refractivity contribution is -0.384. The predicted octanol–water partition coefficient (Wildman–Crippen LogP) is 3.61. The number of benzene rings is 2. The molecule has 0 saturated heterocycles. The number of aromatic nitrogens is 4. The van der Waals surface area contributed by atoms with Crippen LogP contribution in [-0.2, 0) is 0 Å². The summed E-state index contributed by atoms with van der Waals surface area (Å²) < 4.78 is 15.4. The molecule has 2 aromatic heterocycles. The van der Waals surface area contributed by atoms with Gasteiger partial charge in [-0.1, -0.05) is 18.2 Å². The van der Waals surface area contributed by atoms with E-state index in [1.807, 2.05) is 0 Å². The zero-order valence-electron chi connectivity index (χ0n) is 13.2. The second-order valence-electron chi connectivity index (χ2n) is 5.40. The summed E-state index contributed by atoms with van der Waals surface area (Å²) in [6.45, 7) is 0. The topological polar surface area (TPSA) is 98.8 Å². The van der Waals surface area contributed by atoms with Crippen LogP contribution in [0, 0.1) is 15.9 Å². The molecule has 9 heteroatoms. The lowest BCUT2D eigenvalue weighted by Crippen LogP contribution is -2.01. The van der Waals surface area contributed by atoms with Gasteiger partial charge < -0.3 is 5.32 Å². The molecule has 0 radical (unpaired) electrons. The van der Waals surface area contributed by atoms with Gasteiger partial charge in [-0.2, -0.15) is 5.10 Å². The largest absolute Gasteiger partial charge is 0.339 e. The molecule has 0 unspecified atom stereocenters. The number of halogens is 1. The number of nitrogens with one attached hydrogen (secondary N) is 1. The Morgan fingerprint density at radius 1 is 1.12 bits per heavy atom. The second kappa shape index (κ2) is 6.20. The molecule has 26 heavy (non-hydrogen) atoms. The van der Waals surface area contributed by atoms with Gasteiger partial charge in [0, 0.05) is 17.8 Å². The number of nitro groups is 1. The molecule has 2 aromatic carbocycles. The molecule has 8 nitrogen and oxygen atoms in total. The lowest BCUT2D eigenvalue weighted by atomic mass is 10.2. The van der Waals surface area contributed by atoms with Gasteiger partial charge in [0.05, 0.1) is 16.5 Å². The third-order valence-electron chi connectivity index (χ3n) is 3.77. The highest BCUT2D eigenvalue weighted by Gasteiger charge is 2.14. The van der Waals surface area contributed by atoms with Gasteiger partial charge in [0.1, 0.15) is 23.6 Å². The quantitative estimate of drug-likeness (QED) is 0.446. The van der Waals surface area contributed by atoms with E-state index < -0.39 is 10.7 Å². The van der Waals surface area contributed by atoms with Crippen molar-refractivity contribution in [1.29, 1.82) is 0 Å². The van der Waals surface area contributed by atoms with E-state index in [0.29, 0.717) is 22.5 Å². The molecule has 1 N–H and O–H groups in total. The van der Waals surface area contributed by atoms with Crippen LogP contribution in [0.25, 0.3) is 16.7 Å². The maximum Gasteiger partial charge on any atom is 0.271 e. The molecule has 0 saturated carbocycles. The number of nitro benzene ring substituents is 1. The molecular formula is C17H11FN6O2. The molecule has 0 atom stereocenters. The number of hydrogen-bond donors (Lipinski definition) is 1. The summed E-state index contributed by atoms with van der Waals surface area (Å²) in [5, 5.41) is 18.7. The first kappa shape index (κ1) is 15.6. The maximum atomic E-state index is 14.1. The van der Waals surface area contributed by atoms with Gasteiger partial charge in [-0.05, 0) is 18.2 Å². The Morgan fingerprint density at radius 3 is 2.77 bits per heavy atom. The van der Waals surface area contributed by atoms with Crippen LogP contribution in [0.4, 0.5) is 21.6 Å². The monoisotopic (exact) mass is 350 g/mol. The zero-order chi connectivity index (χ0) is 18.1. The smallest absolute Gasteiger partial charge is 0.271 e. The summed E-state index contributed by atoms with van der Waals surface area (Å²) in [4.78, 5) is 18.8. The molecule has 0 aliphatic heterocycles. The van der Waals surface area contributed by atoms with E-state index in [2.05, 4.69) is 20.4 Å². The highest BCUT2D eigenvalue weighted by molar-refractivity contribution is 5.89. The van der Waals surface area contributed by atoms with Crippen LogP contribution in [0.5, 0.6) is 0 Å². The standard InChI is InChI=1S/C17H11FN6O2/c18-14-6-1-2-7-15(14)23-17-13(9-21-23)16(19-10-20-17)22-11-4-3-5-12(8-11)24(25)26/h1-10H,(H,19,20,22). The molecule has 2 heterocycles. The van der Waals surface area contributed by atoms with Crippen LogP contribution in [0.1, 0.15) is 0 Å². The molecule has 0 spiro atoms. The van der Waals surface area contributed by atoms with E-state index in [1.165, 1.54) is 35.4 Å². The van der Waals surface area contributed by atoms with Gasteiger partial charge in [0.15, 0.2) is 5.65 Å². The molecule has 4 rings (SSSR count). The van der Waals surface area contributed by atoms with Crippen molar-refractivity contribution in [3.63, 3.8) is 0 Å². The predicted molar refractivity (Wildman–Crippen MR) is 93.0 cm³/mol. The lowest BCUT2D eigenvalue weighted by Gasteiger charge is -2.07. The Morgan fingerprint density at radius 2 is 1.96 bits per heavy atom. The Bertz CT molecular complexity index is 1130. The van der Waals surface area contributed by atoms with Gasteiger partial charge in [0.25, 0.3) is 5.69 Å². The number of anilines is 2. The van der Waals surface area contributed by atoms with E-state index >= 15 is 0 Å². The van der Waals surface area contributed by atoms with Crippen molar-refractivity contribution >= 4 is 28.2 Å². The molecule has 128 valence electrons. The van der Waals surface area contributed by atoms with E-state index in [1.54, 1.807) is 30.3 Å². The second-order valence-corrected chi connectivity index (χ2v) is 5.40. The third kappa shape index (κ3) is 2.71. The average Bonchev–Trinajstić information content (AvgIpc) is 3.07. The summed E-state index contributed by atoms with van der Waals surface area (Å²) in [5.74, 6) is -0.0117. The molecule has 0 amide bonds. The van der Waals surface area contributed by atoms with Crippen LogP contribution in [0.3, 0.4) is 0 Å². The van der Waals surface area contributed by atoms with Crippen molar-refractivity contribution in [1.82, 2.24) is 19.7 Å². The minimum Gasteiger partial charge on any atom is -0.339 e. The Labute approximate surface area is 146 Å². The van der Waals surface area contributed by atoms with Crippen LogP contribution in [0.2, 0.25) is 0 Å². The fourth-order valence-electron chi connectivity index (χ4n) is 2.58. The summed E-state index contributed by atoms with van der Waals surface area (Å²) in [7, 11) is 0. The number of fused-ring (bicyclic) bond motifs is 1. The van der Waals surface area contributed by atoms with E-state index in [9.17, 15) is 14.5 Å². The number of nitrogens with zero attached hydrogens (tertiary/aromatic N) is 5. The summed E-state index contributed by atoms with van der Waals surface area (Å²) in [5.41, 5.74) is 1.14. The van der Waals surface area contributed by atoms with Crippen LogP contribution < -0.4 is 5.32 Å². The summed E-state index contributed by atoms with van der Waals surface area (Å²) in [6.07, 6.45) is 2.84. The molecule has 4 aromatic rings. The normalized spacial score (nSPS) is 10.8. The Balaban J connectivity index is 1.77. The van der Waals surface area contributed by atoms with E-state index in [4.69, 9.17) is 0 Å². The van der Waals surface area contributed by atoms with Crippen LogP contribution >= 0.6 is 0 Å². The summed E-state index contributed by atoms with van der Waals surface area (Å²) >= 11 is 0. The van der Waals surface area contributed by atoms with Gasteiger partial charge in [-0.15, -0.1) is 0 Å². The van der Waals surface area contributed by atoms with Crippen molar-refractivity contribution in [2.75, 3.05) is 5.32 Å². The SMILES string of the molecule is O=[N+]([O-])c1cccc(Nc2ncnc3c2cnn3-c2ccccc2F)c1. The van der Waals surface area contributed by atoms with Crippen molar-refractivity contribution < 1.29 is 9.31 Å². The molecular weight excluding hydrogens is 339 g/mol. The number of non-ortho nitro benzene ring substituents is 1. The first-order chi connectivity index (χ1) is 12.6. The van der Waals surface area contributed by atoms with Gasteiger partial charge in [0.2, 0.25) is 0 Å². The van der Waals surface area contributed by atoms with Crippen LogP contribution in [0.15, 0.2) is 61.1 Å². The zero-order valence-corrected chi connectivity index (χ0v) is 13.2. The van der Waals surface area contributed by atoms with Crippen molar-refractivity contribution in [2.45, 2.75) is 0 Å². The highest BCUT2D eigenvalue weighted by atomic mass is 19.1.